The standard InChI is InChI=1S/C17H26N4O2/c1-21-15(19-16(22)12-7-3-2-4-8-12)11-14(20-21)17(23)18-13-9-5-6-10-13/h11-13H,2-10H2,1H3,(H,18,23)(H,19,22). The quantitative estimate of drug-likeness (QED) is 0.896. The molecule has 23 heavy (non-hydrogen) atoms. The first-order chi connectivity index (χ1) is 11.1. The first kappa shape index (κ1) is 16.0. The van der Waals surface area contributed by atoms with E-state index in [-0.39, 0.29) is 23.8 Å². The first-order valence-electron chi connectivity index (χ1n) is 8.79. The van der Waals surface area contributed by atoms with Gasteiger partial charge in [-0.05, 0) is 25.7 Å². The molecule has 2 aliphatic rings. The van der Waals surface area contributed by atoms with E-state index in [2.05, 4.69) is 15.7 Å². The lowest BCUT2D eigenvalue weighted by molar-refractivity contribution is -0.120. The van der Waals surface area contributed by atoms with E-state index in [0.29, 0.717) is 11.5 Å². The third-order valence-electron chi connectivity index (χ3n) is 5.03. The van der Waals surface area contributed by atoms with Gasteiger partial charge in [-0.15, -0.1) is 0 Å². The van der Waals surface area contributed by atoms with E-state index in [1.165, 1.54) is 19.3 Å². The molecule has 6 nitrogen and oxygen atoms in total. The number of carbonyl (C=O) groups excluding carboxylic acids is 2. The summed E-state index contributed by atoms with van der Waals surface area (Å²) in [5.41, 5.74) is 0.373. The largest absolute Gasteiger partial charge is 0.348 e. The van der Waals surface area contributed by atoms with Crippen LogP contribution in [-0.2, 0) is 11.8 Å². The highest BCUT2D eigenvalue weighted by molar-refractivity contribution is 5.96. The van der Waals surface area contributed by atoms with Crippen LogP contribution in [0.1, 0.15) is 68.3 Å². The van der Waals surface area contributed by atoms with Gasteiger partial charge in [-0.1, -0.05) is 32.1 Å². The highest BCUT2D eigenvalue weighted by atomic mass is 16.2. The number of amides is 2. The van der Waals surface area contributed by atoms with Crippen LogP contribution in [0, 0.1) is 5.92 Å². The Morgan fingerprint density at radius 2 is 1.74 bits per heavy atom. The molecular formula is C17H26N4O2. The molecule has 0 aromatic carbocycles. The molecule has 0 unspecified atom stereocenters. The maximum absolute atomic E-state index is 12.3. The molecule has 2 aliphatic carbocycles. The fraction of sp³-hybridized carbons (Fsp3) is 0.706. The van der Waals surface area contributed by atoms with E-state index in [1.54, 1.807) is 17.8 Å². The summed E-state index contributed by atoms with van der Waals surface area (Å²) in [5, 5.41) is 10.2. The minimum Gasteiger partial charge on any atom is -0.348 e. The average molecular weight is 318 g/mol. The van der Waals surface area contributed by atoms with Crippen LogP contribution in [0.15, 0.2) is 6.07 Å². The topological polar surface area (TPSA) is 76.0 Å². The van der Waals surface area contributed by atoms with Crippen molar-refractivity contribution in [2.45, 2.75) is 63.8 Å². The maximum Gasteiger partial charge on any atom is 0.272 e. The second kappa shape index (κ2) is 7.15. The van der Waals surface area contributed by atoms with Crippen molar-refractivity contribution in [2.75, 3.05) is 5.32 Å². The van der Waals surface area contributed by atoms with Crippen molar-refractivity contribution in [3.63, 3.8) is 0 Å². The molecule has 3 rings (SSSR count). The number of anilines is 1. The summed E-state index contributed by atoms with van der Waals surface area (Å²) in [6.45, 7) is 0. The van der Waals surface area contributed by atoms with Crippen molar-refractivity contribution < 1.29 is 9.59 Å². The molecule has 2 saturated carbocycles. The molecular weight excluding hydrogens is 292 g/mol. The summed E-state index contributed by atoms with van der Waals surface area (Å²) in [7, 11) is 1.75. The number of aryl methyl sites for hydroxylation is 1. The summed E-state index contributed by atoms with van der Waals surface area (Å²) in [6.07, 6.45) is 9.83. The summed E-state index contributed by atoms with van der Waals surface area (Å²) in [4.78, 5) is 24.6. The zero-order valence-electron chi connectivity index (χ0n) is 13.8. The van der Waals surface area contributed by atoms with Crippen molar-refractivity contribution in [3.05, 3.63) is 11.8 Å². The molecule has 0 spiro atoms. The third kappa shape index (κ3) is 3.92. The minimum atomic E-state index is -0.148. The zero-order chi connectivity index (χ0) is 16.2. The Bertz CT molecular complexity index is 569. The molecule has 6 heteroatoms. The molecule has 1 aromatic heterocycles. The third-order valence-corrected chi connectivity index (χ3v) is 5.03. The number of hydrogen-bond donors (Lipinski definition) is 2. The Labute approximate surface area is 137 Å². The van der Waals surface area contributed by atoms with Crippen LogP contribution >= 0.6 is 0 Å². The SMILES string of the molecule is Cn1nc(C(=O)NC2CCCC2)cc1NC(=O)C1CCCCC1. The van der Waals surface area contributed by atoms with Crippen molar-refractivity contribution in [1.82, 2.24) is 15.1 Å². The molecule has 2 N–H and O–H groups in total. The van der Waals surface area contributed by atoms with E-state index >= 15 is 0 Å². The number of hydrogen-bond acceptors (Lipinski definition) is 3. The van der Waals surface area contributed by atoms with Crippen molar-refractivity contribution in [1.29, 1.82) is 0 Å². The fourth-order valence-electron chi connectivity index (χ4n) is 3.62. The van der Waals surface area contributed by atoms with Crippen LogP contribution < -0.4 is 10.6 Å². The molecule has 1 aromatic rings. The van der Waals surface area contributed by atoms with Crippen molar-refractivity contribution in [2.24, 2.45) is 13.0 Å². The van der Waals surface area contributed by atoms with E-state index in [9.17, 15) is 9.59 Å². The van der Waals surface area contributed by atoms with Gasteiger partial charge in [0.1, 0.15) is 5.82 Å². The van der Waals surface area contributed by atoms with Gasteiger partial charge in [0, 0.05) is 25.1 Å². The van der Waals surface area contributed by atoms with Gasteiger partial charge in [-0.25, -0.2) is 0 Å². The van der Waals surface area contributed by atoms with Crippen LogP contribution in [0.5, 0.6) is 0 Å². The Hall–Kier alpha value is -1.85. The lowest BCUT2D eigenvalue weighted by Gasteiger charge is -2.20. The summed E-state index contributed by atoms with van der Waals surface area (Å²) < 4.78 is 1.57. The summed E-state index contributed by atoms with van der Waals surface area (Å²) in [5.74, 6) is 0.590. The van der Waals surface area contributed by atoms with Gasteiger partial charge in [0.2, 0.25) is 5.91 Å². The fourth-order valence-corrected chi connectivity index (χ4v) is 3.62. The molecule has 1 heterocycles. The number of nitrogens with zero attached hydrogens (tertiary/aromatic N) is 2. The molecule has 0 bridgehead atoms. The summed E-state index contributed by atoms with van der Waals surface area (Å²) >= 11 is 0. The van der Waals surface area contributed by atoms with Gasteiger partial charge < -0.3 is 10.6 Å². The van der Waals surface area contributed by atoms with Crippen molar-refractivity contribution >= 4 is 17.6 Å². The normalized spacial score (nSPS) is 19.7. The molecule has 2 amide bonds. The second-order valence-corrected chi connectivity index (χ2v) is 6.82. The molecule has 126 valence electrons. The van der Waals surface area contributed by atoms with Crippen LogP contribution in [0.3, 0.4) is 0 Å². The van der Waals surface area contributed by atoms with E-state index in [1.807, 2.05) is 0 Å². The first-order valence-corrected chi connectivity index (χ1v) is 8.79. The molecule has 0 radical (unpaired) electrons. The lowest BCUT2D eigenvalue weighted by atomic mass is 9.89. The summed E-state index contributed by atoms with van der Waals surface area (Å²) in [6, 6.07) is 1.94. The number of carbonyl (C=O) groups is 2. The predicted octanol–water partition coefficient (Wildman–Crippen LogP) is 2.61. The Morgan fingerprint density at radius 1 is 1.09 bits per heavy atom. The lowest BCUT2D eigenvalue weighted by Crippen LogP contribution is -2.32. The van der Waals surface area contributed by atoms with Gasteiger partial charge in [-0.3, -0.25) is 14.3 Å². The van der Waals surface area contributed by atoms with E-state index < -0.39 is 0 Å². The minimum absolute atomic E-state index is 0.0513. The Kier molecular flexibility index (Phi) is 4.98. The predicted molar refractivity (Wildman–Crippen MR) is 88.1 cm³/mol. The molecule has 2 fully saturated rings. The smallest absolute Gasteiger partial charge is 0.272 e. The Morgan fingerprint density at radius 3 is 2.43 bits per heavy atom. The average Bonchev–Trinajstić information content (AvgIpc) is 3.18. The van der Waals surface area contributed by atoms with Gasteiger partial charge in [0.05, 0.1) is 0 Å². The van der Waals surface area contributed by atoms with Crippen LogP contribution in [-0.4, -0.2) is 27.6 Å². The second-order valence-electron chi connectivity index (χ2n) is 6.82. The van der Waals surface area contributed by atoms with Crippen molar-refractivity contribution in [3.8, 4) is 0 Å². The van der Waals surface area contributed by atoms with Gasteiger partial charge >= 0.3 is 0 Å². The maximum atomic E-state index is 12.3. The molecule has 0 atom stereocenters. The van der Waals surface area contributed by atoms with Gasteiger partial charge in [0.25, 0.3) is 5.91 Å². The van der Waals surface area contributed by atoms with Gasteiger partial charge in [0.15, 0.2) is 5.69 Å². The number of aromatic nitrogens is 2. The van der Waals surface area contributed by atoms with Crippen LogP contribution in [0.2, 0.25) is 0 Å². The zero-order valence-corrected chi connectivity index (χ0v) is 13.8. The highest BCUT2D eigenvalue weighted by Crippen LogP contribution is 2.25. The monoisotopic (exact) mass is 318 g/mol. The number of nitrogens with one attached hydrogen (secondary N) is 2. The van der Waals surface area contributed by atoms with Gasteiger partial charge in [-0.2, -0.15) is 5.10 Å². The van der Waals surface area contributed by atoms with Crippen LogP contribution in [0.4, 0.5) is 5.82 Å². The number of rotatable bonds is 4. The van der Waals surface area contributed by atoms with Crippen LogP contribution in [0.25, 0.3) is 0 Å². The van der Waals surface area contributed by atoms with E-state index in [4.69, 9.17) is 0 Å². The molecule has 0 saturated heterocycles. The van der Waals surface area contributed by atoms with E-state index in [0.717, 1.165) is 38.5 Å². The molecule has 0 aliphatic heterocycles. The highest BCUT2D eigenvalue weighted by Gasteiger charge is 2.24. The Balaban J connectivity index is 1.60.